The number of hydrogen-bond acceptors (Lipinski definition) is 4. The minimum atomic E-state index is -0.585. The molecule has 3 rings (SSSR count). The van der Waals surface area contributed by atoms with Crippen LogP contribution in [0.4, 0.5) is 0 Å². The van der Waals surface area contributed by atoms with Crippen LogP contribution in [0, 0.1) is 12.8 Å². The van der Waals surface area contributed by atoms with Crippen LogP contribution in [0.2, 0.25) is 0 Å². The number of aliphatic hydroxyl groups excluding tert-OH is 2. The average Bonchev–Trinajstić information content (AvgIpc) is 2.52. The van der Waals surface area contributed by atoms with Gasteiger partial charge in [0.05, 0.1) is 5.57 Å². The van der Waals surface area contributed by atoms with Gasteiger partial charge in [-0.05, 0) is 29.3 Å². The largest absolute Gasteiger partial charge is 0.504 e. The number of allylic oxidation sites excluding steroid dienone is 1. The molecule has 2 aromatic rings. The van der Waals surface area contributed by atoms with Crippen LogP contribution in [-0.4, -0.2) is 28.4 Å². The summed E-state index contributed by atoms with van der Waals surface area (Å²) in [5, 5.41) is 21.0. The molecule has 2 aromatic carbocycles. The Morgan fingerprint density at radius 3 is 2.45 bits per heavy atom. The van der Waals surface area contributed by atoms with Gasteiger partial charge in [-0.2, -0.15) is 0 Å². The van der Waals surface area contributed by atoms with E-state index in [0.717, 1.165) is 10.9 Å². The maximum atomic E-state index is 12.6. The zero-order chi connectivity index (χ0) is 16.0. The summed E-state index contributed by atoms with van der Waals surface area (Å²) < 4.78 is 0. The van der Waals surface area contributed by atoms with Gasteiger partial charge in [-0.25, -0.2) is 0 Å². The van der Waals surface area contributed by atoms with Gasteiger partial charge in [0, 0.05) is 23.7 Å². The predicted octanol–water partition coefficient (Wildman–Crippen LogP) is 2.97. The van der Waals surface area contributed by atoms with Crippen molar-refractivity contribution in [2.75, 3.05) is 6.61 Å². The standard InChI is InChI=1S/C18H16O4/c1-9-4-3-5-12-11(9)6-7-13-15(12)18(22)17(21)14(16(13)20)10(2)8-19/h3-7,10,19,21H,8H2,1-2H3. The van der Waals surface area contributed by atoms with Crippen LogP contribution in [0.1, 0.15) is 33.2 Å². The predicted molar refractivity (Wildman–Crippen MR) is 83.3 cm³/mol. The van der Waals surface area contributed by atoms with E-state index in [9.17, 15) is 19.8 Å². The van der Waals surface area contributed by atoms with Crippen molar-refractivity contribution in [3.8, 4) is 0 Å². The van der Waals surface area contributed by atoms with Gasteiger partial charge in [0.2, 0.25) is 5.78 Å². The SMILES string of the molecule is Cc1cccc2c3c(ccc12)C(=O)C(C(C)CO)=C(O)C3=O. The lowest BCUT2D eigenvalue weighted by molar-refractivity contribution is 0.0914. The number of carbonyl (C=O) groups excluding carboxylic acids is 2. The minimum absolute atomic E-state index is 0.00740. The summed E-state index contributed by atoms with van der Waals surface area (Å²) in [5.74, 6) is -2.08. The monoisotopic (exact) mass is 296 g/mol. The van der Waals surface area contributed by atoms with E-state index in [1.807, 2.05) is 25.1 Å². The van der Waals surface area contributed by atoms with Crippen molar-refractivity contribution in [2.45, 2.75) is 13.8 Å². The first kappa shape index (κ1) is 14.5. The average molecular weight is 296 g/mol. The topological polar surface area (TPSA) is 74.6 Å². The maximum Gasteiger partial charge on any atom is 0.229 e. The molecule has 112 valence electrons. The molecule has 22 heavy (non-hydrogen) atoms. The molecule has 0 aromatic heterocycles. The quantitative estimate of drug-likeness (QED) is 0.893. The molecule has 0 heterocycles. The molecule has 1 aliphatic rings. The number of rotatable bonds is 2. The van der Waals surface area contributed by atoms with Gasteiger partial charge in [-0.15, -0.1) is 0 Å². The Balaban J connectivity index is 2.34. The van der Waals surface area contributed by atoms with Gasteiger partial charge in [-0.1, -0.05) is 31.2 Å². The fourth-order valence-electron chi connectivity index (χ4n) is 2.99. The first-order chi connectivity index (χ1) is 10.5. The van der Waals surface area contributed by atoms with E-state index in [0.29, 0.717) is 5.39 Å². The van der Waals surface area contributed by atoms with E-state index in [2.05, 4.69) is 0 Å². The minimum Gasteiger partial charge on any atom is -0.504 e. The number of aryl methyl sites for hydroxylation is 1. The summed E-state index contributed by atoms with van der Waals surface area (Å²) in [6.45, 7) is 3.23. The lowest BCUT2D eigenvalue weighted by atomic mass is 9.80. The van der Waals surface area contributed by atoms with Gasteiger partial charge < -0.3 is 10.2 Å². The van der Waals surface area contributed by atoms with Gasteiger partial charge in [0.15, 0.2) is 11.5 Å². The highest BCUT2D eigenvalue weighted by molar-refractivity contribution is 6.30. The van der Waals surface area contributed by atoms with E-state index in [1.54, 1.807) is 19.1 Å². The third-order valence-electron chi connectivity index (χ3n) is 4.23. The van der Waals surface area contributed by atoms with E-state index < -0.39 is 23.2 Å². The van der Waals surface area contributed by atoms with Crippen LogP contribution in [0.25, 0.3) is 10.8 Å². The van der Waals surface area contributed by atoms with Crippen LogP contribution >= 0.6 is 0 Å². The number of Topliss-reactive ketones (excluding diaryl/α,β-unsaturated/α-hetero) is 2. The third-order valence-corrected chi connectivity index (χ3v) is 4.23. The summed E-state index contributed by atoms with van der Waals surface area (Å²) in [6.07, 6.45) is 0. The lowest BCUT2D eigenvalue weighted by Gasteiger charge is -2.22. The van der Waals surface area contributed by atoms with Crippen molar-refractivity contribution in [2.24, 2.45) is 5.92 Å². The molecule has 1 atom stereocenters. The van der Waals surface area contributed by atoms with Crippen molar-refractivity contribution < 1.29 is 19.8 Å². The Bertz CT molecular complexity index is 846. The number of ketones is 2. The van der Waals surface area contributed by atoms with Crippen LogP contribution in [0.3, 0.4) is 0 Å². The number of aliphatic hydroxyl groups is 2. The van der Waals surface area contributed by atoms with Crippen LogP contribution in [-0.2, 0) is 0 Å². The third kappa shape index (κ3) is 1.88. The van der Waals surface area contributed by atoms with Crippen LogP contribution < -0.4 is 0 Å². The molecular weight excluding hydrogens is 280 g/mol. The van der Waals surface area contributed by atoms with Crippen molar-refractivity contribution in [3.05, 3.63) is 58.4 Å². The molecule has 1 aliphatic carbocycles. The van der Waals surface area contributed by atoms with Crippen LogP contribution in [0.15, 0.2) is 41.7 Å². The fourth-order valence-corrected chi connectivity index (χ4v) is 2.99. The number of fused-ring (bicyclic) bond motifs is 3. The van der Waals surface area contributed by atoms with Crippen LogP contribution in [0.5, 0.6) is 0 Å². The smallest absolute Gasteiger partial charge is 0.229 e. The molecule has 0 fully saturated rings. The van der Waals surface area contributed by atoms with Gasteiger partial charge in [0.1, 0.15) is 0 Å². The summed E-state index contributed by atoms with van der Waals surface area (Å²) in [5.41, 5.74) is 1.53. The summed E-state index contributed by atoms with van der Waals surface area (Å²) in [4.78, 5) is 25.2. The molecule has 0 aliphatic heterocycles. The second-order valence-electron chi connectivity index (χ2n) is 5.66. The number of benzene rings is 2. The maximum absolute atomic E-state index is 12.6. The molecule has 1 unspecified atom stereocenters. The Morgan fingerprint density at radius 2 is 1.77 bits per heavy atom. The molecule has 4 heteroatoms. The Hall–Kier alpha value is -2.46. The molecular formula is C18H16O4. The first-order valence-corrected chi connectivity index (χ1v) is 7.13. The molecule has 0 saturated heterocycles. The van der Waals surface area contributed by atoms with Crippen molar-refractivity contribution in [3.63, 3.8) is 0 Å². The summed E-state index contributed by atoms with van der Waals surface area (Å²) in [7, 11) is 0. The highest BCUT2D eigenvalue weighted by Gasteiger charge is 2.35. The molecule has 2 N–H and O–H groups in total. The first-order valence-electron chi connectivity index (χ1n) is 7.13. The summed E-state index contributed by atoms with van der Waals surface area (Å²) >= 11 is 0. The number of carbonyl (C=O) groups is 2. The highest BCUT2D eigenvalue weighted by Crippen LogP contribution is 2.34. The lowest BCUT2D eigenvalue weighted by Crippen LogP contribution is -2.27. The molecule has 0 amide bonds. The fraction of sp³-hybridized carbons (Fsp3) is 0.222. The van der Waals surface area contributed by atoms with Crippen molar-refractivity contribution in [1.29, 1.82) is 0 Å². The highest BCUT2D eigenvalue weighted by atomic mass is 16.3. The van der Waals surface area contributed by atoms with Gasteiger partial charge in [0.25, 0.3) is 0 Å². The second kappa shape index (κ2) is 5.07. The molecule has 4 nitrogen and oxygen atoms in total. The second-order valence-corrected chi connectivity index (χ2v) is 5.66. The number of hydrogen-bond donors (Lipinski definition) is 2. The van der Waals surface area contributed by atoms with E-state index in [-0.39, 0.29) is 23.3 Å². The molecule has 0 radical (unpaired) electrons. The van der Waals surface area contributed by atoms with Gasteiger partial charge >= 0.3 is 0 Å². The molecule has 0 spiro atoms. The zero-order valence-electron chi connectivity index (χ0n) is 12.4. The van der Waals surface area contributed by atoms with Gasteiger partial charge in [-0.3, -0.25) is 9.59 Å². The molecule has 0 saturated carbocycles. The van der Waals surface area contributed by atoms with E-state index in [1.165, 1.54) is 0 Å². The zero-order valence-corrected chi connectivity index (χ0v) is 12.4. The van der Waals surface area contributed by atoms with E-state index >= 15 is 0 Å². The Morgan fingerprint density at radius 1 is 1.05 bits per heavy atom. The van der Waals surface area contributed by atoms with Crippen molar-refractivity contribution in [1.82, 2.24) is 0 Å². The molecule has 0 bridgehead atoms. The van der Waals surface area contributed by atoms with E-state index in [4.69, 9.17) is 0 Å². The normalized spacial score (nSPS) is 16.1. The summed E-state index contributed by atoms with van der Waals surface area (Å²) in [6, 6.07) is 8.97. The van der Waals surface area contributed by atoms with Crippen molar-refractivity contribution >= 4 is 22.3 Å². The Kier molecular flexibility index (Phi) is 3.34. The Labute approximate surface area is 127 Å².